The minimum Gasteiger partial charge on any atom is -0.396 e. The minimum atomic E-state index is -0.632. The minimum absolute atomic E-state index is 0.0538. The molecule has 11 heteroatoms. The van der Waals surface area contributed by atoms with Crippen molar-refractivity contribution in [3.63, 3.8) is 0 Å². The Hall–Kier alpha value is -2.50. The topological polar surface area (TPSA) is 144 Å². The van der Waals surface area contributed by atoms with Crippen molar-refractivity contribution in [2.24, 2.45) is 0 Å². The summed E-state index contributed by atoms with van der Waals surface area (Å²) in [7, 11) is 0. The number of nitrogens with zero attached hydrogens (tertiary/aromatic N) is 2. The van der Waals surface area contributed by atoms with Crippen LogP contribution in [0.5, 0.6) is 0 Å². The van der Waals surface area contributed by atoms with Crippen molar-refractivity contribution in [1.82, 2.24) is 0 Å². The number of nitro groups is 2. The van der Waals surface area contributed by atoms with Crippen molar-refractivity contribution >= 4 is 22.7 Å². The summed E-state index contributed by atoms with van der Waals surface area (Å²) in [5.41, 5.74) is 0.308. The van der Waals surface area contributed by atoms with Gasteiger partial charge in [0.2, 0.25) is 0 Å². The van der Waals surface area contributed by atoms with E-state index in [1.165, 1.54) is 4.90 Å². The van der Waals surface area contributed by atoms with Gasteiger partial charge in [0.15, 0.2) is 0 Å². The van der Waals surface area contributed by atoms with E-state index in [9.17, 15) is 20.2 Å². The molecule has 0 radical (unpaired) electrons. The third-order valence-electron chi connectivity index (χ3n) is 4.77. The number of benzene rings is 1. The summed E-state index contributed by atoms with van der Waals surface area (Å²) in [6.07, 6.45) is 1.23. The van der Waals surface area contributed by atoms with Crippen LogP contribution in [0.15, 0.2) is 6.07 Å². The van der Waals surface area contributed by atoms with E-state index in [0.29, 0.717) is 30.8 Å². The fourth-order valence-electron chi connectivity index (χ4n) is 3.27. The predicted molar refractivity (Wildman–Crippen MR) is 104 cm³/mol. The molecule has 0 aliphatic carbocycles. The number of nitro benzene ring substituents is 2. The molecule has 0 bridgehead atoms. The Labute approximate surface area is 163 Å². The van der Waals surface area contributed by atoms with Gasteiger partial charge in [0.25, 0.3) is 11.4 Å². The van der Waals surface area contributed by atoms with Crippen LogP contribution in [0.2, 0.25) is 0 Å². The fourth-order valence-corrected chi connectivity index (χ4v) is 3.27. The maximum absolute atomic E-state index is 11.5. The molecule has 4 N–H and O–H groups in total. The zero-order valence-corrected chi connectivity index (χ0v) is 16.0. The van der Waals surface area contributed by atoms with Gasteiger partial charge in [-0.05, 0) is 13.3 Å². The van der Waals surface area contributed by atoms with Crippen molar-refractivity contribution in [3.05, 3.63) is 31.9 Å². The number of ether oxygens (including phenoxy) is 1. The third kappa shape index (κ3) is 5.75. The molecule has 11 nitrogen and oxygen atoms in total. The first kappa shape index (κ1) is 21.8. The zero-order valence-electron chi connectivity index (χ0n) is 16.0. The molecule has 0 spiro atoms. The van der Waals surface area contributed by atoms with Crippen LogP contribution in [0, 0.1) is 27.2 Å². The molecule has 0 unspecified atom stereocenters. The van der Waals surface area contributed by atoms with E-state index >= 15 is 0 Å². The zero-order chi connectivity index (χ0) is 20.5. The Bertz CT molecular complexity index is 693. The summed E-state index contributed by atoms with van der Waals surface area (Å²) < 4.78 is 5.33. The Morgan fingerprint density at radius 3 is 2.11 bits per heavy atom. The largest absolute Gasteiger partial charge is 0.396 e. The van der Waals surface area contributed by atoms with Crippen LogP contribution in [-0.4, -0.2) is 67.5 Å². The molecule has 1 aromatic carbocycles. The van der Waals surface area contributed by atoms with Crippen LogP contribution in [0.25, 0.3) is 0 Å². The number of hydrogen-bond donors (Lipinski definition) is 4. The average Bonchev–Trinajstić information content (AvgIpc) is 2.67. The van der Waals surface area contributed by atoms with Crippen LogP contribution in [0.3, 0.4) is 0 Å². The van der Waals surface area contributed by atoms with Crippen LogP contribution < -0.4 is 15.5 Å². The molecule has 28 heavy (non-hydrogen) atoms. The first-order chi connectivity index (χ1) is 13.5. The standard InChI is InChI=1S/C17H27N5O6/c1-13-16(18-4-2-6-20-7-10-28-11-8-20)14(21(24)25)12-15(22(26)27)17(13)19-5-3-9-23/h12,18-19,23H,2-11H2,1H3/p+1. The predicted octanol–water partition coefficient (Wildman–Crippen LogP) is 0.323. The number of hydrogen-bond acceptors (Lipinski definition) is 8. The van der Waals surface area contributed by atoms with E-state index in [1.807, 2.05) is 0 Å². The maximum Gasteiger partial charge on any atom is 0.299 e. The van der Waals surface area contributed by atoms with Gasteiger partial charge in [0, 0.05) is 31.7 Å². The number of aliphatic hydroxyl groups excluding tert-OH is 1. The second-order valence-electron chi connectivity index (χ2n) is 6.70. The highest BCUT2D eigenvalue weighted by Crippen LogP contribution is 2.40. The fraction of sp³-hybridized carbons (Fsp3) is 0.647. The Morgan fingerprint density at radius 2 is 1.61 bits per heavy atom. The quantitative estimate of drug-likeness (QED) is 0.237. The Morgan fingerprint density at radius 1 is 1.07 bits per heavy atom. The molecule has 1 aromatic rings. The van der Waals surface area contributed by atoms with Crippen LogP contribution in [0.4, 0.5) is 22.7 Å². The van der Waals surface area contributed by atoms with Gasteiger partial charge in [-0.2, -0.15) is 0 Å². The van der Waals surface area contributed by atoms with Crippen LogP contribution in [-0.2, 0) is 4.74 Å². The lowest BCUT2D eigenvalue weighted by atomic mass is 10.1. The summed E-state index contributed by atoms with van der Waals surface area (Å²) in [6, 6.07) is 0.990. The van der Waals surface area contributed by atoms with E-state index in [1.54, 1.807) is 6.92 Å². The summed E-state index contributed by atoms with van der Waals surface area (Å²) in [4.78, 5) is 23.1. The number of quaternary nitrogens is 1. The molecule has 156 valence electrons. The highest BCUT2D eigenvalue weighted by Gasteiger charge is 2.28. The average molecular weight is 398 g/mol. The van der Waals surface area contributed by atoms with Crippen molar-refractivity contribution in [2.45, 2.75) is 19.8 Å². The van der Waals surface area contributed by atoms with Gasteiger partial charge in [0.1, 0.15) is 24.5 Å². The molecule has 1 saturated heterocycles. The van der Waals surface area contributed by atoms with Gasteiger partial charge in [-0.3, -0.25) is 20.2 Å². The molecule has 0 aromatic heterocycles. The second kappa shape index (κ2) is 10.7. The lowest BCUT2D eigenvalue weighted by molar-refractivity contribution is -0.908. The van der Waals surface area contributed by atoms with E-state index in [0.717, 1.165) is 45.3 Å². The van der Waals surface area contributed by atoms with Gasteiger partial charge >= 0.3 is 0 Å². The molecule has 0 atom stereocenters. The third-order valence-corrected chi connectivity index (χ3v) is 4.77. The normalized spacial score (nSPS) is 14.6. The monoisotopic (exact) mass is 398 g/mol. The number of anilines is 2. The molecular formula is C17H28N5O6+. The van der Waals surface area contributed by atoms with E-state index in [-0.39, 0.29) is 23.7 Å². The van der Waals surface area contributed by atoms with Crippen molar-refractivity contribution in [3.8, 4) is 0 Å². The summed E-state index contributed by atoms with van der Waals surface area (Å²) in [5.74, 6) is 0. The highest BCUT2D eigenvalue weighted by molar-refractivity contribution is 5.82. The molecule has 0 saturated carbocycles. The van der Waals surface area contributed by atoms with Crippen LogP contribution >= 0.6 is 0 Å². The lowest BCUT2D eigenvalue weighted by Crippen LogP contribution is -3.14. The van der Waals surface area contributed by atoms with E-state index in [2.05, 4.69) is 10.6 Å². The molecule has 1 heterocycles. The second-order valence-corrected chi connectivity index (χ2v) is 6.70. The summed E-state index contributed by atoms with van der Waals surface area (Å²) >= 11 is 0. The molecule has 1 aliphatic heterocycles. The first-order valence-electron chi connectivity index (χ1n) is 9.42. The van der Waals surface area contributed by atoms with Gasteiger partial charge < -0.3 is 25.4 Å². The molecule has 0 amide bonds. The van der Waals surface area contributed by atoms with Gasteiger partial charge in [-0.15, -0.1) is 0 Å². The van der Waals surface area contributed by atoms with Crippen molar-refractivity contribution in [1.29, 1.82) is 0 Å². The Kier molecular flexibility index (Phi) is 8.36. The summed E-state index contributed by atoms with van der Waals surface area (Å²) in [5, 5.41) is 37.8. The number of rotatable bonds is 11. The van der Waals surface area contributed by atoms with E-state index in [4.69, 9.17) is 9.84 Å². The SMILES string of the molecule is Cc1c(NCCCO)c([N+](=O)[O-])cc([N+](=O)[O-])c1NCCC[NH+]1CCOCC1. The molecular weight excluding hydrogens is 370 g/mol. The van der Waals surface area contributed by atoms with E-state index < -0.39 is 9.85 Å². The Balaban J connectivity index is 2.16. The summed E-state index contributed by atoms with van der Waals surface area (Å²) in [6.45, 7) is 6.76. The lowest BCUT2D eigenvalue weighted by Gasteiger charge is -2.23. The van der Waals surface area contributed by atoms with Gasteiger partial charge in [-0.1, -0.05) is 0 Å². The van der Waals surface area contributed by atoms with Gasteiger partial charge in [0.05, 0.1) is 35.7 Å². The molecule has 1 aliphatic rings. The number of morpholine rings is 1. The number of nitrogens with one attached hydrogen (secondary N) is 3. The smallest absolute Gasteiger partial charge is 0.299 e. The highest BCUT2D eigenvalue weighted by atomic mass is 16.6. The molecule has 1 fully saturated rings. The number of aliphatic hydroxyl groups is 1. The van der Waals surface area contributed by atoms with Crippen LogP contribution in [0.1, 0.15) is 18.4 Å². The first-order valence-corrected chi connectivity index (χ1v) is 9.42. The van der Waals surface area contributed by atoms with Gasteiger partial charge in [-0.25, -0.2) is 0 Å². The van der Waals surface area contributed by atoms with Crippen molar-refractivity contribution in [2.75, 3.05) is 63.2 Å². The molecule has 2 rings (SSSR count). The maximum atomic E-state index is 11.5. The van der Waals surface area contributed by atoms with Crippen molar-refractivity contribution < 1.29 is 24.6 Å².